The summed E-state index contributed by atoms with van der Waals surface area (Å²) >= 11 is 0. The van der Waals surface area contributed by atoms with Gasteiger partial charge in [0.25, 0.3) is 0 Å². The van der Waals surface area contributed by atoms with Crippen LogP contribution in [0.4, 0.5) is 26.3 Å². The average Bonchev–Trinajstić information content (AvgIpc) is 2.88. The van der Waals surface area contributed by atoms with Crippen molar-refractivity contribution in [1.29, 1.82) is 0 Å². The van der Waals surface area contributed by atoms with Crippen LogP contribution in [0.1, 0.15) is 29.8 Å². The minimum absolute atomic E-state index is 0.00273. The molecule has 0 heterocycles. The van der Waals surface area contributed by atoms with E-state index in [0.29, 0.717) is 11.3 Å². The molecule has 0 bridgehead atoms. The van der Waals surface area contributed by atoms with Crippen LogP contribution in [0.25, 0.3) is 22.3 Å². The molecule has 0 aromatic heterocycles. The molecule has 4 rings (SSSR count). The Balaban J connectivity index is 0.000000251. The number of benzene rings is 4. The first kappa shape index (κ1) is 30.0. The summed E-state index contributed by atoms with van der Waals surface area (Å²) in [5.41, 5.74) is 0.244. The lowest BCUT2D eigenvalue weighted by Crippen LogP contribution is -1.96. The Morgan fingerprint density at radius 3 is 1.53 bits per heavy atom. The normalized spacial score (nSPS) is 10.1. The van der Waals surface area contributed by atoms with Gasteiger partial charge in [0.05, 0.1) is 12.7 Å². The summed E-state index contributed by atoms with van der Waals surface area (Å²) in [7, 11) is 1.38. The molecule has 9 heteroatoms. The molecule has 0 radical (unpaired) electrons. The van der Waals surface area contributed by atoms with Crippen LogP contribution in [0.2, 0.25) is 0 Å². The van der Waals surface area contributed by atoms with Gasteiger partial charge in [0, 0.05) is 17.2 Å². The zero-order valence-electron chi connectivity index (χ0n) is 20.9. The number of halogens is 6. The van der Waals surface area contributed by atoms with Crippen LogP contribution >= 0.6 is 0 Å². The number of rotatable bonds is 4. The highest BCUT2D eigenvalue weighted by Crippen LogP contribution is 2.31. The van der Waals surface area contributed by atoms with Crippen molar-refractivity contribution >= 4 is 6.29 Å². The van der Waals surface area contributed by atoms with E-state index in [1.54, 1.807) is 13.0 Å². The number of aryl methyl sites for hydroxylation is 1. The fourth-order valence-electron chi connectivity index (χ4n) is 3.28. The van der Waals surface area contributed by atoms with Crippen LogP contribution < -0.4 is 4.74 Å². The predicted octanol–water partition coefficient (Wildman–Crippen LogP) is 8.40. The Morgan fingerprint density at radius 1 is 0.658 bits per heavy atom. The van der Waals surface area contributed by atoms with Crippen molar-refractivity contribution in [2.75, 3.05) is 7.11 Å². The molecule has 0 spiro atoms. The molecule has 0 atom stereocenters. The number of hydrogen-bond acceptors (Lipinski definition) is 3. The Kier molecular flexibility index (Phi) is 10.5. The second-order valence-corrected chi connectivity index (χ2v) is 7.59. The summed E-state index contributed by atoms with van der Waals surface area (Å²) in [5, 5.41) is 8.97. The van der Waals surface area contributed by atoms with Gasteiger partial charge in [-0.2, -0.15) is 0 Å². The minimum atomic E-state index is -1.14. The van der Waals surface area contributed by atoms with Gasteiger partial charge in [-0.05, 0) is 66.1 Å². The predicted molar refractivity (Wildman–Crippen MR) is 133 cm³/mol. The molecule has 1 N–H and O–H groups in total. The third-order valence-corrected chi connectivity index (χ3v) is 5.14. The van der Waals surface area contributed by atoms with Crippen molar-refractivity contribution < 1.29 is 41.0 Å². The molecular weight excluding hydrogens is 510 g/mol. The Morgan fingerprint density at radius 2 is 1.11 bits per heavy atom. The van der Waals surface area contributed by atoms with Gasteiger partial charge in [-0.3, -0.25) is 4.79 Å². The number of aromatic hydroxyl groups is 1. The lowest BCUT2D eigenvalue weighted by atomic mass is 10.0. The smallest absolute Gasteiger partial charge is 0.187 e. The van der Waals surface area contributed by atoms with Crippen molar-refractivity contribution in [3.05, 3.63) is 107 Å². The highest BCUT2D eigenvalue weighted by molar-refractivity contribution is 5.78. The van der Waals surface area contributed by atoms with E-state index in [1.807, 2.05) is 13.8 Å². The summed E-state index contributed by atoms with van der Waals surface area (Å²) in [6.45, 7) is 5.71. The first-order chi connectivity index (χ1) is 18.0. The number of phenolic OH excluding ortho intramolecular Hbond substituents is 1. The molecule has 200 valence electrons. The number of aldehydes is 1. The van der Waals surface area contributed by atoms with Gasteiger partial charge in [-0.1, -0.05) is 26.0 Å². The van der Waals surface area contributed by atoms with Gasteiger partial charge in [0.2, 0.25) is 0 Å². The standard InChI is InChI=1S/C14H9F3O.C13H9F3O2.C2H6/c1-8-2-3-10(12(15)4-8)9-5-13(16)11(7-18)14(17)6-9;1-18-8-2-3-9(10(14)6-8)7-4-11(15)13(17)12(16)5-7;1-2/h2-7H,1H3;2-6,17H,1H3;1-2H3. The molecule has 38 heavy (non-hydrogen) atoms. The van der Waals surface area contributed by atoms with Gasteiger partial charge in [0.15, 0.2) is 23.7 Å². The number of carbonyl (C=O) groups excluding carboxylic acids is 1. The number of carbonyl (C=O) groups is 1. The molecule has 0 saturated carbocycles. The largest absolute Gasteiger partial charge is 0.503 e. The first-order valence-electron chi connectivity index (χ1n) is 11.3. The van der Waals surface area contributed by atoms with Gasteiger partial charge in [0.1, 0.15) is 29.0 Å². The van der Waals surface area contributed by atoms with Crippen molar-refractivity contribution in [3.8, 4) is 33.8 Å². The maximum atomic E-state index is 13.7. The SMILES string of the molecule is CC.COc1ccc(-c2cc(F)c(O)c(F)c2)c(F)c1.Cc1ccc(-c2cc(F)c(C=O)c(F)c2)c(F)c1. The molecular formula is C29H24F6O3. The lowest BCUT2D eigenvalue weighted by Gasteiger charge is -2.07. The summed E-state index contributed by atoms with van der Waals surface area (Å²) in [6.07, 6.45) is 0.0972. The molecule has 3 nitrogen and oxygen atoms in total. The maximum Gasteiger partial charge on any atom is 0.187 e. The fourth-order valence-corrected chi connectivity index (χ4v) is 3.28. The van der Waals surface area contributed by atoms with Crippen molar-refractivity contribution in [2.24, 2.45) is 0 Å². The molecule has 0 aliphatic carbocycles. The van der Waals surface area contributed by atoms with Crippen molar-refractivity contribution in [2.45, 2.75) is 20.8 Å². The molecule has 0 amide bonds. The molecule has 0 unspecified atom stereocenters. The van der Waals surface area contributed by atoms with E-state index < -0.39 is 46.2 Å². The van der Waals surface area contributed by atoms with Crippen LogP contribution in [-0.2, 0) is 0 Å². The second kappa shape index (κ2) is 13.3. The summed E-state index contributed by atoms with van der Waals surface area (Å²) in [5.74, 6) is -6.28. The molecule has 4 aromatic rings. The number of methoxy groups -OCH3 is 1. The Hall–Kier alpha value is -4.27. The third kappa shape index (κ3) is 6.94. The van der Waals surface area contributed by atoms with E-state index in [4.69, 9.17) is 9.84 Å². The summed E-state index contributed by atoms with van der Waals surface area (Å²) < 4.78 is 85.4. The van der Waals surface area contributed by atoms with Gasteiger partial charge in [-0.25, -0.2) is 26.3 Å². The molecule has 0 aliphatic rings. The highest BCUT2D eigenvalue weighted by atomic mass is 19.2. The van der Waals surface area contributed by atoms with E-state index in [9.17, 15) is 31.1 Å². The quantitative estimate of drug-likeness (QED) is 0.211. The molecule has 0 aliphatic heterocycles. The summed E-state index contributed by atoms with van der Waals surface area (Å²) in [4.78, 5) is 10.5. The molecule has 4 aromatic carbocycles. The highest BCUT2D eigenvalue weighted by Gasteiger charge is 2.15. The van der Waals surface area contributed by atoms with E-state index in [1.165, 1.54) is 31.4 Å². The average molecular weight is 534 g/mol. The van der Waals surface area contributed by atoms with Gasteiger partial charge >= 0.3 is 0 Å². The van der Waals surface area contributed by atoms with Crippen LogP contribution in [0.15, 0.2) is 60.7 Å². The maximum absolute atomic E-state index is 13.7. The van der Waals surface area contributed by atoms with Crippen molar-refractivity contribution in [3.63, 3.8) is 0 Å². The number of ether oxygens (including phenoxy) is 1. The van der Waals surface area contributed by atoms with E-state index in [0.717, 1.165) is 30.3 Å². The first-order valence-corrected chi connectivity index (χ1v) is 11.3. The lowest BCUT2D eigenvalue weighted by molar-refractivity contribution is 0.111. The van der Waals surface area contributed by atoms with E-state index in [-0.39, 0.29) is 28.5 Å². The van der Waals surface area contributed by atoms with Crippen LogP contribution in [0, 0.1) is 41.8 Å². The number of hydrogen-bond donors (Lipinski definition) is 1. The van der Waals surface area contributed by atoms with Crippen molar-refractivity contribution in [1.82, 2.24) is 0 Å². The fraction of sp³-hybridized carbons (Fsp3) is 0.138. The van der Waals surface area contributed by atoms with E-state index >= 15 is 0 Å². The molecule has 0 saturated heterocycles. The van der Waals surface area contributed by atoms with E-state index in [2.05, 4.69) is 0 Å². The zero-order chi connectivity index (χ0) is 28.6. The Labute approximate surface area is 216 Å². The topological polar surface area (TPSA) is 46.5 Å². The monoisotopic (exact) mass is 534 g/mol. The number of phenols is 1. The second-order valence-electron chi connectivity index (χ2n) is 7.59. The third-order valence-electron chi connectivity index (χ3n) is 5.14. The van der Waals surface area contributed by atoms with Gasteiger partial charge in [-0.15, -0.1) is 0 Å². The summed E-state index contributed by atoms with van der Waals surface area (Å²) in [6, 6.07) is 11.9. The van der Waals surface area contributed by atoms with Crippen LogP contribution in [0.5, 0.6) is 11.5 Å². The minimum Gasteiger partial charge on any atom is -0.503 e. The van der Waals surface area contributed by atoms with Crippen LogP contribution in [-0.4, -0.2) is 18.5 Å². The van der Waals surface area contributed by atoms with Crippen LogP contribution in [0.3, 0.4) is 0 Å². The zero-order valence-corrected chi connectivity index (χ0v) is 20.9. The Bertz CT molecular complexity index is 1390. The van der Waals surface area contributed by atoms with Gasteiger partial charge < -0.3 is 9.84 Å². The molecule has 0 fully saturated rings.